The number of hydrogen-bond acceptors (Lipinski definition) is 6. The molecular weight excluding hydrogens is 372 g/mol. The Morgan fingerprint density at radius 3 is 2.52 bits per heavy atom. The Hall–Kier alpha value is -1.43. The molecule has 1 heterocycles. The van der Waals surface area contributed by atoms with E-state index in [2.05, 4.69) is 13.8 Å². The first-order valence-corrected chi connectivity index (χ1v) is 11.1. The summed E-state index contributed by atoms with van der Waals surface area (Å²) in [6.45, 7) is 6.07. The summed E-state index contributed by atoms with van der Waals surface area (Å²) in [5.74, 6) is 0.0933. The molecule has 6 nitrogen and oxygen atoms in total. The predicted molar refractivity (Wildman–Crippen MR) is 103 cm³/mol. The predicted octanol–water partition coefficient (Wildman–Crippen LogP) is 3.06. The molecule has 0 radical (unpaired) electrons. The van der Waals surface area contributed by atoms with Crippen molar-refractivity contribution in [2.24, 2.45) is 34.5 Å². The zero-order chi connectivity index (χ0) is 20.8. The summed E-state index contributed by atoms with van der Waals surface area (Å²) in [5.41, 5.74) is -0.532. The minimum absolute atomic E-state index is 0.00955. The summed E-state index contributed by atoms with van der Waals surface area (Å²) < 4.78 is 16.8. The van der Waals surface area contributed by atoms with Crippen LogP contribution in [0.3, 0.4) is 0 Å². The maximum absolute atomic E-state index is 12.8. The van der Waals surface area contributed by atoms with Gasteiger partial charge in [-0.1, -0.05) is 13.8 Å². The maximum Gasteiger partial charge on any atom is 0.316 e. The van der Waals surface area contributed by atoms with Crippen molar-refractivity contribution in [1.82, 2.24) is 0 Å². The average Bonchev–Trinajstić information content (AvgIpc) is 3.34. The number of ketones is 1. The average molecular weight is 405 g/mol. The lowest BCUT2D eigenvalue weighted by molar-refractivity contribution is -0.165. The van der Waals surface area contributed by atoms with Crippen molar-refractivity contribution >= 4 is 17.7 Å². The molecule has 1 saturated heterocycles. The lowest BCUT2D eigenvalue weighted by atomic mass is 9.44. The Morgan fingerprint density at radius 1 is 1.07 bits per heavy atom. The van der Waals surface area contributed by atoms with Gasteiger partial charge in [-0.2, -0.15) is 0 Å². The minimum Gasteiger partial charge on any atom is -0.468 e. The van der Waals surface area contributed by atoms with E-state index in [1.165, 1.54) is 14.0 Å². The van der Waals surface area contributed by atoms with E-state index in [1.54, 1.807) is 0 Å². The van der Waals surface area contributed by atoms with Gasteiger partial charge in [0.15, 0.2) is 5.78 Å². The third kappa shape index (κ3) is 2.35. The summed E-state index contributed by atoms with van der Waals surface area (Å²) in [6, 6.07) is 0. The van der Waals surface area contributed by atoms with E-state index in [0.29, 0.717) is 24.2 Å². The number of rotatable bonds is 2. The Morgan fingerprint density at radius 2 is 1.83 bits per heavy atom. The van der Waals surface area contributed by atoms with Crippen molar-refractivity contribution in [3.05, 3.63) is 0 Å². The molecule has 1 aliphatic heterocycles. The first-order chi connectivity index (χ1) is 13.7. The lowest BCUT2D eigenvalue weighted by Gasteiger charge is -2.59. The van der Waals surface area contributed by atoms with Gasteiger partial charge >= 0.3 is 11.9 Å². The second-order valence-corrected chi connectivity index (χ2v) is 10.6. The largest absolute Gasteiger partial charge is 0.468 e. The second kappa shape index (κ2) is 6.05. The van der Waals surface area contributed by atoms with Crippen molar-refractivity contribution in [2.45, 2.75) is 83.5 Å². The molecule has 5 rings (SSSR count). The summed E-state index contributed by atoms with van der Waals surface area (Å²) >= 11 is 0. The van der Waals surface area contributed by atoms with E-state index in [1.807, 2.05) is 0 Å². The summed E-state index contributed by atoms with van der Waals surface area (Å²) in [5, 5.41) is 0. The zero-order valence-corrected chi connectivity index (χ0v) is 17.9. The first kappa shape index (κ1) is 19.5. The molecule has 1 spiro atoms. The number of esters is 2. The van der Waals surface area contributed by atoms with E-state index in [9.17, 15) is 14.4 Å². The summed E-state index contributed by atoms with van der Waals surface area (Å²) in [6.07, 6.45) is 6.13. The highest BCUT2D eigenvalue weighted by molar-refractivity contribution is 6.04. The molecule has 0 aromatic carbocycles. The quantitative estimate of drug-likeness (QED) is 0.400. The lowest BCUT2D eigenvalue weighted by Crippen LogP contribution is -2.60. The van der Waals surface area contributed by atoms with Gasteiger partial charge < -0.3 is 14.2 Å². The van der Waals surface area contributed by atoms with Crippen LogP contribution in [0.1, 0.15) is 65.7 Å². The molecule has 0 N–H and O–H groups in total. The van der Waals surface area contributed by atoms with Crippen LogP contribution in [0.25, 0.3) is 0 Å². The molecule has 9 atom stereocenters. The Bertz CT molecular complexity index is 777. The summed E-state index contributed by atoms with van der Waals surface area (Å²) in [7, 11) is 1.36. The third-order valence-electron chi connectivity index (χ3n) is 9.70. The second-order valence-electron chi connectivity index (χ2n) is 10.6. The van der Waals surface area contributed by atoms with Crippen LogP contribution >= 0.6 is 0 Å². The van der Waals surface area contributed by atoms with E-state index < -0.39 is 18.0 Å². The van der Waals surface area contributed by atoms with Crippen molar-refractivity contribution < 1.29 is 28.6 Å². The number of ether oxygens (including phenoxy) is 3. The smallest absolute Gasteiger partial charge is 0.316 e. The third-order valence-corrected chi connectivity index (χ3v) is 9.70. The van der Waals surface area contributed by atoms with Crippen LogP contribution < -0.4 is 0 Å². The van der Waals surface area contributed by atoms with Crippen LogP contribution in [0.2, 0.25) is 0 Å². The minimum atomic E-state index is -0.699. The highest BCUT2D eigenvalue weighted by Gasteiger charge is 2.78. The molecular formula is C23H32O6. The van der Waals surface area contributed by atoms with E-state index in [-0.39, 0.29) is 34.3 Å². The van der Waals surface area contributed by atoms with Crippen LogP contribution in [-0.2, 0) is 28.6 Å². The van der Waals surface area contributed by atoms with Gasteiger partial charge in [0, 0.05) is 17.8 Å². The van der Waals surface area contributed by atoms with Crippen molar-refractivity contribution in [2.75, 3.05) is 7.11 Å². The standard InChI is InChI=1S/C23H32O6/c1-12(24)28-17-6-5-15-13-7-10-23-19(29-23)18(25)14(20(26)27-4)11-22(23,3)16(13)8-9-21(15,17)2/h13-17,19H,5-11H2,1-4H3/t13?,14?,15?,16?,17-,19+,21-,22+,23+/m0/s1. The zero-order valence-electron chi connectivity index (χ0n) is 17.9. The highest BCUT2D eigenvalue weighted by atomic mass is 16.6. The first-order valence-electron chi connectivity index (χ1n) is 11.1. The molecule has 160 valence electrons. The van der Waals surface area contributed by atoms with Crippen LogP contribution in [0.5, 0.6) is 0 Å². The van der Waals surface area contributed by atoms with Gasteiger partial charge in [0.1, 0.15) is 23.7 Å². The van der Waals surface area contributed by atoms with Crippen LogP contribution in [0.4, 0.5) is 0 Å². The Kier molecular flexibility index (Phi) is 4.08. The Balaban J connectivity index is 1.45. The number of hydrogen-bond donors (Lipinski definition) is 0. The molecule has 0 aromatic rings. The van der Waals surface area contributed by atoms with Crippen molar-refractivity contribution in [3.8, 4) is 0 Å². The van der Waals surface area contributed by atoms with E-state index in [4.69, 9.17) is 14.2 Å². The van der Waals surface area contributed by atoms with Crippen LogP contribution in [0, 0.1) is 34.5 Å². The molecule has 5 fully saturated rings. The topological polar surface area (TPSA) is 82.2 Å². The van der Waals surface area contributed by atoms with Crippen LogP contribution in [0.15, 0.2) is 0 Å². The fourth-order valence-electron chi connectivity index (χ4n) is 8.27. The van der Waals surface area contributed by atoms with Crippen LogP contribution in [-0.4, -0.2) is 42.6 Å². The number of carbonyl (C=O) groups is 3. The number of fused-ring (bicyclic) bond motifs is 4. The number of Topliss-reactive ketones (excluding diaryl/α,β-unsaturated/α-hetero) is 1. The fraction of sp³-hybridized carbons (Fsp3) is 0.870. The maximum atomic E-state index is 12.8. The van der Waals surface area contributed by atoms with Crippen molar-refractivity contribution in [1.29, 1.82) is 0 Å². The monoisotopic (exact) mass is 404 g/mol. The van der Waals surface area contributed by atoms with E-state index in [0.717, 1.165) is 38.5 Å². The molecule has 6 heteroatoms. The fourth-order valence-corrected chi connectivity index (χ4v) is 8.27. The van der Waals surface area contributed by atoms with Gasteiger partial charge in [-0.25, -0.2) is 0 Å². The van der Waals surface area contributed by atoms with Gasteiger partial charge in [0.25, 0.3) is 0 Å². The van der Waals surface area contributed by atoms with Gasteiger partial charge in [0.2, 0.25) is 0 Å². The molecule has 5 aliphatic rings. The number of epoxide rings is 1. The molecule has 0 amide bonds. The van der Waals surface area contributed by atoms with Gasteiger partial charge in [-0.05, 0) is 62.7 Å². The van der Waals surface area contributed by atoms with Gasteiger partial charge in [-0.3, -0.25) is 14.4 Å². The van der Waals surface area contributed by atoms with E-state index >= 15 is 0 Å². The van der Waals surface area contributed by atoms with Gasteiger partial charge in [-0.15, -0.1) is 0 Å². The SMILES string of the molecule is COC(=O)C1C[C@]2(C)C3CC[C@@]4(C)C(CC[C@@H]4OC(C)=O)C3CC[C@]23O[C@@H]3C1=O. The van der Waals surface area contributed by atoms with Crippen molar-refractivity contribution in [3.63, 3.8) is 0 Å². The molecule has 4 saturated carbocycles. The normalized spacial score (nSPS) is 52.5. The highest BCUT2D eigenvalue weighted by Crippen LogP contribution is 2.72. The molecule has 4 unspecified atom stereocenters. The molecule has 0 aromatic heterocycles. The molecule has 0 bridgehead atoms. The molecule has 4 aliphatic carbocycles. The number of carbonyl (C=O) groups excluding carboxylic acids is 3. The number of methoxy groups -OCH3 is 1. The molecule has 29 heavy (non-hydrogen) atoms. The summed E-state index contributed by atoms with van der Waals surface area (Å²) in [4.78, 5) is 36.8. The Labute approximate surface area is 172 Å². The van der Waals surface area contributed by atoms with Gasteiger partial charge in [0.05, 0.1) is 7.11 Å².